The third kappa shape index (κ3) is 5.98. The lowest BCUT2D eigenvalue weighted by molar-refractivity contribution is -0.114. The van der Waals surface area contributed by atoms with E-state index in [1.807, 2.05) is 53.7 Å². The first-order valence-corrected chi connectivity index (χ1v) is 12.1. The van der Waals surface area contributed by atoms with Gasteiger partial charge in [0.2, 0.25) is 15.9 Å². The highest BCUT2D eigenvalue weighted by molar-refractivity contribution is 7.89. The Morgan fingerprint density at radius 1 is 0.903 bits per heavy atom. The molecule has 1 amide bonds. The minimum absolute atomic E-state index is 0.0138. The van der Waals surface area contributed by atoms with Gasteiger partial charge in [0.1, 0.15) is 0 Å². The zero-order valence-corrected chi connectivity index (χ0v) is 20.1. The van der Waals surface area contributed by atoms with Crippen molar-refractivity contribution in [3.63, 3.8) is 0 Å². The second kappa shape index (κ2) is 10.6. The fraction of sp³-hybridized carbons (Fsp3) is 0.435. The molecule has 0 radical (unpaired) electrons. The van der Waals surface area contributed by atoms with Crippen LogP contribution < -0.4 is 16.0 Å². The number of rotatable bonds is 10. The number of amides is 1. The van der Waals surface area contributed by atoms with E-state index in [1.165, 1.54) is 4.31 Å². The van der Waals surface area contributed by atoms with Crippen LogP contribution in [0.4, 0.5) is 17.1 Å². The van der Waals surface area contributed by atoms with Gasteiger partial charge in [-0.05, 0) is 57.0 Å². The molecule has 0 fully saturated rings. The normalized spacial score (nSPS) is 11.5. The van der Waals surface area contributed by atoms with Gasteiger partial charge in [0, 0.05) is 25.3 Å². The van der Waals surface area contributed by atoms with Crippen molar-refractivity contribution < 1.29 is 13.2 Å². The van der Waals surface area contributed by atoms with E-state index in [2.05, 4.69) is 16.0 Å². The van der Waals surface area contributed by atoms with Gasteiger partial charge in [-0.3, -0.25) is 4.79 Å². The average molecular weight is 447 g/mol. The van der Waals surface area contributed by atoms with Crippen LogP contribution in [-0.2, 0) is 14.8 Å². The summed E-state index contributed by atoms with van der Waals surface area (Å²) < 4.78 is 27.2. The van der Waals surface area contributed by atoms with Crippen molar-refractivity contribution >= 4 is 33.0 Å². The Bertz CT molecular complexity index is 1010. The summed E-state index contributed by atoms with van der Waals surface area (Å²) in [6.45, 7) is 13.0. The van der Waals surface area contributed by atoms with Crippen molar-refractivity contribution in [1.29, 1.82) is 0 Å². The highest BCUT2D eigenvalue weighted by Crippen LogP contribution is 2.27. The number of carbonyl (C=O) groups excluding carboxylic acids is 1. The van der Waals surface area contributed by atoms with Gasteiger partial charge in [-0.15, -0.1) is 0 Å². The summed E-state index contributed by atoms with van der Waals surface area (Å²) in [5.74, 6) is -0.200. The molecule has 0 saturated heterocycles. The number of benzene rings is 2. The predicted octanol–water partition coefficient (Wildman–Crippen LogP) is 4.12. The standard InChI is InChI=1S/C23H34N4O3S/c1-7-24-20-11-10-19(31(29,30)27(8-2)9-3)14-21(20)25-15-22(28)26-23-17(5)12-16(4)13-18(23)6/h10-14,24-25H,7-9,15H2,1-6H3,(H,26,28). The minimum atomic E-state index is -3.59. The molecule has 31 heavy (non-hydrogen) atoms. The van der Waals surface area contributed by atoms with E-state index >= 15 is 0 Å². The molecule has 7 nitrogen and oxygen atoms in total. The molecule has 170 valence electrons. The van der Waals surface area contributed by atoms with Gasteiger partial charge in [0.05, 0.1) is 22.8 Å². The lowest BCUT2D eigenvalue weighted by atomic mass is 10.1. The van der Waals surface area contributed by atoms with Crippen molar-refractivity contribution in [3.8, 4) is 0 Å². The van der Waals surface area contributed by atoms with E-state index in [0.717, 1.165) is 28.1 Å². The fourth-order valence-corrected chi connectivity index (χ4v) is 5.11. The van der Waals surface area contributed by atoms with E-state index in [0.29, 0.717) is 25.3 Å². The molecule has 0 atom stereocenters. The highest BCUT2D eigenvalue weighted by atomic mass is 32.2. The van der Waals surface area contributed by atoms with Gasteiger partial charge in [-0.1, -0.05) is 31.5 Å². The first-order valence-electron chi connectivity index (χ1n) is 10.6. The number of nitrogens with zero attached hydrogens (tertiary/aromatic N) is 1. The lowest BCUT2D eigenvalue weighted by Crippen LogP contribution is -2.30. The number of carbonyl (C=O) groups is 1. The Labute approximate surface area is 186 Å². The number of anilines is 3. The van der Waals surface area contributed by atoms with Crippen LogP contribution in [0, 0.1) is 20.8 Å². The Morgan fingerprint density at radius 3 is 2.06 bits per heavy atom. The zero-order valence-electron chi connectivity index (χ0n) is 19.3. The molecular formula is C23H34N4O3S. The van der Waals surface area contributed by atoms with Crippen LogP contribution in [0.25, 0.3) is 0 Å². The van der Waals surface area contributed by atoms with Crippen LogP contribution in [0.5, 0.6) is 0 Å². The lowest BCUT2D eigenvalue weighted by Gasteiger charge is -2.20. The van der Waals surface area contributed by atoms with Crippen LogP contribution >= 0.6 is 0 Å². The molecule has 3 N–H and O–H groups in total. The van der Waals surface area contributed by atoms with E-state index in [1.54, 1.807) is 18.2 Å². The summed E-state index contributed by atoms with van der Waals surface area (Å²) in [4.78, 5) is 12.8. The molecule has 2 aromatic rings. The molecule has 0 saturated carbocycles. The molecular weight excluding hydrogens is 412 g/mol. The van der Waals surface area contributed by atoms with Crippen LogP contribution in [0.1, 0.15) is 37.5 Å². The number of hydrogen-bond donors (Lipinski definition) is 3. The number of hydrogen-bond acceptors (Lipinski definition) is 5. The van der Waals surface area contributed by atoms with E-state index in [9.17, 15) is 13.2 Å². The Morgan fingerprint density at radius 2 is 1.52 bits per heavy atom. The van der Waals surface area contributed by atoms with Gasteiger partial charge in [-0.25, -0.2) is 8.42 Å². The second-order valence-electron chi connectivity index (χ2n) is 7.50. The van der Waals surface area contributed by atoms with Crippen LogP contribution in [-0.4, -0.2) is 44.8 Å². The maximum absolute atomic E-state index is 12.9. The number of sulfonamides is 1. The Hall–Kier alpha value is -2.58. The maximum atomic E-state index is 12.9. The first-order chi connectivity index (χ1) is 14.6. The molecule has 0 heterocycles. The van der Waals surface area contributed by atoms with E-state index in [4.69, 9.17) is 0 Å². The topological polar surface area (TPSA) is 90.5 Å². The molecule has 0 unspecified atom stereocenters. The van der Waals surface area contributed by atoms with Crippen molar-refractivity contribution in [3.05, 3.63) is 47.0 Å². The quantitative estimate of drug-likeness (QED) is 0.511. The monoisotopic (exact) mass is 446 g/mol. The van der Waals surface area contributed by atoms with Crippen LogP contribution in [0.15, 0.2) is 35.2 Å². The fourth-order valence-electron chi connectivity index (χ4n) is 3.62. The number of nitrogens with one attached hydrogen (secondary N) is 3. The summed E-state index contributed by atoms with van der Waals surface area (Å²) in [6.07, 6.45) is 0. The molecule has 0 spiro atoms. The van der Waals surface area contributed by atoms with Gasteiger partial charge in [0.15, 0.2) is 0 Å². The molecule has 0 aliphatic carbocycles. The molecule has 8 heteroatoms. The Kier molecular flexibility index (Phi) is 8.47. The van der Waals surface area contributed by atoms with Crippen molar-refractivity contribution in [2.45, 2.75) is 46.4 Å². The molecule has 0 bridgehead atoms. The second-order valence-corrected chi connectivity index (χ2v) is 9.44. The molecule has 0 aliphatic rings. The van der Waals surface area contributed by atoms with Crippen LogP contribution in [0.3, 0.4) is 0 Å². The predicted molar refractivity (Wildman–Crippen MR) is 128 cm³/mol. The summed E-state index contributed by atoms with van der Waals surface area (Å²) in [7, 11) is -3.59. The third-order valence-electron chi connectivity index (χ3n) is 5.08. The third-order valence-corrected chi connectivity index (χ3v) is 7.13. The summed E-state index contributed by atoms with van der Waals surface area (Å²) in [6, 6.07) is 8.97. The largest absolute Gasteiger partial charge is 0.384 e. The SMILES string of the molecule is CCNc1ccc(S(=O)(=O)N(CC)CC)cc1NCC(=O)Nc1c(C)cc(C)cc1C. The van der Waals surface area contributed by atoms with Crippen molar-refractivity contribution in [2.75, 3.05) is 42.1 Å². The Balaban J connectivity index is 2.24. The summed E-state index contributed by atoms with van der Waals surface area (Å²) >= 11 is 0. The van der Waals surface area contributed by atoms with Crippen molar-refractivity contribution in [1.82, 2.24) is 4.31 Å². The summed E-state index contributed by atoms with van der Waals surface area (Å²) in [5, 5.41) is 9.27. The highest BCUT2D eigenvalue weighted by Gasteiger charge is 2.22. The molecule has 0 aromatic heterocycles. The first kappa shape index (κ1) is 24.7. The molecule has 2 rings (SSSR count). The smallest absolute Gasteiger partial charge is 0.243 e. The average Bonchev–Trinajstić information content (AvgIpc) is 2.70. The van der Waals surface area contributed by atoms with Crippen molar-refractivity contribution in [2.24, 2.45) is 0 Å². The zero-order chi connectivity index (χ0) is 23.2. The maximum Gasteiger partial charge on any atom is 0.243 e. The van der Waals surface area contributed by atoms with Gasteiger partial charge in [0.25, 0.3) is 0 Å². The van der Waals surface area contributed by atoms with E-state index < -0.39 is 10.0 Å². The minimum Gasteiger partial charge on any atom is -0.384 e. The van der Waals surface area contributed by atoms with Gasteiger partial charge >= 0.3 is 0 Å². The summed E-state index contributed by atoms with van der Waals surface area (Å²) in [5.41, 5.74) is 5.28. The van der Waals surface area contributed by atoms with Gasteiger partial charge in [-0.2, -0.15) is 4.31 Å². The number of aryl methyl sites for hydroxylation is 3. The van der Waals surface area contributed by atoms with Crippen LogP contribution in [0.2, 0.25) is 0 Å². The molecule has 0 aliphatic heterocycles. The van der Waals surface area contributed by atoms with E-state index in [-0.39, 0.29) is 17.3 Å². The molecule has 2 aromatic carbocycles. The van der Waals surface area contributed by atoms with Gasteiger partial charge < -0.3 is 16.0 Å².